The maximum Gasteiger partial charge on any atom is 0.251 e. The van der Waals surface area contributed by atoms with E-state index in [2.05, 4.69) is 10.6 Å². The summed E-state index contributed by atoms with van der Waals surface area (Å²) in [7, 11) is 3.54. The van der Waals surface area contributed by atoms with E-state index in [9.17, 15) is 14.0 Å². The maximum absolute atomic E-state index is 14.0. The molecule has 2 amide bonds. The maximum atomic E-state index is 14.0. The first-order valence-corrected chi connectivity index (χ1v) is 7.90. The van der Waals surface area contributed by atoms with Crippen LogP contribution in [0.25, 0.3) is 0 Å². The summed E-state index contributed by atoms with van der Waals surface area (Å²) in [6.45, 7) is 3.48. The smallest absolute Gasteiger partial charge is 0.251 e. The fraction of sp³-hybridized carbons (Fsp3) is 0.263. The topological polar surface area (TPSA) is 61.4 Å². The van der Waals surface area contributed by atoms with Crippen LogP contribution in [0.5, 0.6) is 0 Å². The van der Waals surface area contributed by atoms with E-state index in [0.717, 1.165) is 5.56 Å². The van der Waals surface area contributed by atoms with Crippen molar-refractivity contribution in [2.24, 2.45) is 0 Å². The molecule has 0 aliphatic heterocycles. The Kier molecular flexibility index (Phi) is 5.75. The van der Waals surface area contributed by atoms with Gasteiger partial charge in [0.25, 0.3) is 5.91 Å². The molecular weight excluding hydrogens is 321 g/mol. The first-order chi connectivity index (χ1) is 11.8. The van der Waals surface area contributed by atoms with E-state index >= 15 is 0 Å². The van der Waals surface area contributed by atoms with E-state index < -0.39 is 0 Å². The van der Waals surface area contributed by atoms with Crippen molar-refractivity contribution in [2.75, 3.05) is 24.3 Å². The second kappa shape index (κ2) is 7.79. The van der Waals surface area contributed by atoms with Crippen molar-refractivity contribution < 1.29 is 14.0 Å². The number of benzene rings is 2. The normalized spacial score (nSPS) is 10.3. The minimum atomic E-state index is -0.333. The van der Waals surface area contributed by atoms with Crippen molar-refractivity contribution in [2.45, 2.75) is 20.4 Å². The Hall–Kier alpha value is -2.89. The van der Waals surface area contributed by atoms with Crippen LogP contribution in [0.3, 0.4) is 0 Å². The molecule has 0 fully saturated rings. The highest BCUT2D eigenvalue weighted by Crippen LogP contribution is 2.19. The lowest BCUT2D eigenvalue weighted by atomic mass is 10.1. The van der Waals surface area contributed by atoms with Crippen molar-refractivity contribution in [1.82, 2.24) is 5.32 Å². The zero-order chi connectivity index (χ0) is 18.6. The van der Waals surface area contributed by atoms with Crippen molar-refractivity contribution >= 4 is 23.2 Å². The van der Waals surface area contributed by atoms with Gasteiger partial charge < -0.3 is 15.5 Å². The van der Waals surface area contributed by atoms with E-state index in [-0.39, 0.29) is 24.2 Å². The third-order valence-corrected chi connectivity index (χ3v) is 3.76. The highest BCUT2D eigenvalue weighted by Gasteiger charge is 2.10. The average Bonchev–Trinajstić information content (AvgIpc) is 2.54. The summed E-state index contributed by atoms with van der Waals surface area (Å²) in [5.41, 5.74) is 3.06. The second-order valence-corrected chi connectivity index (χ2v) is 6.07. The van der Waals surface area contributed by atoms with Gasteiger partial charge in [-0.15, -0.1) is 0 Å². The van der Waals surface area contributed by atoms with Crippen LogP contribution in [0.1, 0.15) is 28.4 Å². The van der Waals surface area contributed by atoms with Crippen LogP contribution in [0.2, 0.25) is 0 Å². The van der Waals surface area contributed by atoms with E-state index in [1.54, 1.807) is 49.3 Å². The Bertz CT molecular complexity index is 803. The van der Waals surface area contributed by atoms with E-state index in [1.807, 2.05) is 6.92 Å². The lowest BCUT2D eigenvalue weighted by Crippen LogP contribution is -2.23. The lowest BCUT2D eigenvalue weighted by Gasteiger charge is -2.14. The van der Waals surface area contributed by atoms with Gasteiger partial charge in [-0.1, -0.05) is 12.1 Å². The third-order valence-electron chi connectivity index (χ3n) is 3.76. The molecule has 0 unspecified atom stereocenters. The van der Waals surface area contributed by atoms with Crippen molar-refractivity contribution in [3.8, 4) is 0 Å². The van der Waals surface area contributed by atoms with Crippen molar-refractivity contribution in [1.29, 1.82) is 0 Å². The molecular formula is C19H22FN3O2. The van der Waals surface area contributed by atoms with Crippen LogP contribution in [0.15, 0.2) is 36.4 Å². The number of hydrogen-bond donors (Lipinski definition) is 2. The molecule has 0 saturated heterocycles. The summed E-state index contributed by atoms with van der Waals surface area (Å²) in [6.07, 6.45) is 0. The standard InChI is InChI=1S/C19H22FN3O2/c1-12-5-7-15(10-17(12)22-13(2)24)19(25)21-11-14-6-8-18(23(3)4)16(20)9-14/h5-10H,11H2,1-4H3,(H,21,25)(H,22,24). The Morgan fingerprint density at radius 1 is 1.12 bits per heavy atom. The first-order valence-electron chi connectivity index (χ1n) is 7.90. The highest BCUT2D eigenvalue weighted by atomic mass is 19.1. The fourth-order valence-corrected chi connectivity index (χ4v) is 2.40. The quantitative estimate of drug-likeness (QED) is 0.877. The third kappa shape index (κ3) is 4.79. The summed E-state index contributed by atoms with van der Waals surface area (Å²) in [5.74, 6) is -0.819. The molecule has 0 atom stereocenters. The summed E-state index contributed by atoms with van der Waals surface area (Å²) >= 11 is 0. The second-order valence-electron chi connectivity index (χ2n) is 6.07. The number of hydrogen-bond acceptors (Lipinski definition) is 3. The molecule has 0 heterocycles. The molecule has 132 valence electrons. The molecule has 2 aromatic rings. The van der Waals surface area contributed by atoms with Gasteiger partial charge in [-0.05, 0) is 42.3 Å². The summed E-state index contributed by atoms with van der Waals surface area (Å²) in [5, 5.41) is 5.45. The Morgan fingerprint density at radius 2 is 1.84 bits per heavy atom. The molecule has 0 aliphatic rings. The highest BCUT2D eigenvalue weighted by molar-refractivity contribution is 5.97. The lowest BCUT2D eigenvalue weighted by molar-refractivity contribution is -0.114. The van der Waals surface area contributed by atoms with Gasteiger partial charge in [0.05, 0.1) is 5.69 Å². The predicted molar refractivity (Wildman–Crippen MR) is 97.4 cm³/mol. The molecule has 2 N–H and O–H groups in total. The number of nitrogens with zero attached hydrogens (tertiary/aromatic N) is 1. The van der Waals surface area contributed by atoms with Crippen LogP contribution in [0.4, 0.5) is 15.8 Å². The zero-order valence-electron chi connectivity index (χ0n) is 14.8. The number of carbonyl (C=O) groups excluding carboxylic acids is 2. The number of anilines is 2. The molecule has 25 heavy (non-hydrogen) atoms. The minimum Gasteiger partial charge on any atom is -0.375 e. The molecule has 0 saturated carbocycles. The molecule has 2 rings (SSSR count). The van der Waals surface area contributed by atoms with Crippen LogP contribution in [0, 0.1) is 12.7 Å². The van der Waals surface area contributed by atoms with Crippen molar-refractivity contribution in [3.05, 3.63) is 58.9 Å². The SMILES string of the molecule is CC(=O)Nc1cc(C(=O)NCc2ccc(N(C)C)c(F)c2)ccc1C. The van der Waals surface area contributed by atoms with Gasteiger partial charge in [-0.3, -0.25) is 9.59 Å². The molecule has 0 bridgehead atoms. The van der Waals surface area contributed by atoms with Gasteiger partial charge in [-0.2, -0.15) is 0 Å². The number of halogens is 1. The van der Waals surface area contributed by atoms with E-state index in [4.69, 9.17) is 0 Å². The monoisotopic (exact) mass is 343 g/mol. The molecule has 0 aromatic heterocycles. The zero-order valence-corrected chi connectivity index (χ0v) is 14.8. The van der Waals surface area contributed by atoms with Crippen molar-refractivity contribution in [3.63, 3.8) is 0 Å². The number of carbonyl (C=O) groups is 2. The first kappa shape index (κ1) is 18.4. The van der Waals surface area contributed by atoms with Gasteiger partial charge in [-0.25, -0.2) is 4.39 Å². The van der Waals surface area contributed by atoms with E-state index in [0.29, 0.717) is 22.5 Å². The van der Waals surface area contributed by atoms with Gasteiger partial charge in [0.2, 0.25) is 5.91 Å². The predicted octanol–water partition coefficient (Wildman–Crippen LogP) is 3.09. The van der Waals surface area contributed by atoms with Crippen LogP contribution >= 0.6 is 0 Å². The fourth-order valence-electron chi connectivity index (χ4n) is 2.40. The summed E-state index contributed by atoms with van der Waals surface area (Å²) < 4.78 is 14.0. The van der Waals surface area contributed by atoms with Gasteiger partial charge in [0.1, 0.15) is 5.82 Å². The molecule has 0 spiro atoms. The summed E-state index contributed by atoms with van der Waals surface area (Å²) in [6, 6.07) is 9.95. The van der Waals surface area contributed by atoms with Crippen LogP contribution in [-0.2, 0) is 11.3 Å². The Morgan fingerprint density at radius 3 is 2.44 bits per heavy atom. The van der Waals surface area contributed by atoms with Gasteiger partial charge in [0.15, 0.2) is 0 Å². The molecule has 5 nitrogen and oxygen atoms in total. The van der Waals surface area contributed by atoms with Crippen LogP contribution in [-0.4, -0.2) is 25.9 Å². The van der Waals surface area contributed by atoms with Gasteiger partial charge >= 0.3 is 0 Å². The number of amides is 2. The minimum absolute atomic E-state index is 0.197. The molecule has 2 aromatic carbocycles. The van der Waals surface area contributed by atoms with Gasteiger partial charge in [0, 0.05) is 38.8 Å². The summed E-state index contributed by atoms with van der Waals surface area (Å²) in [4.78, 5) is 25.2. The number of rotatable bonds is 5. The Labute approximate surface area is 146 Å². The molecule has 0 radical (unpaired) electrons. The average molecular weight is 343 g/mol. The van der Waals surface area contributed by atoms with E-state index in [1.165, 1.54) is 13.0 Å². The Balaban J connectivity index is 2.07. The number of aryl methyl sites for hydroxylation is 1. The number of nitrogens with one attached hydrogen (secondary N) is 2. The van der Waals surface area contributed by atoms with Crippen LogP contribution < -0.4 is 15.5 Å². The molecule has 6 heteroatoms. The largest absolute Gasteiger partial charge is 0.375 e. The molecule has 0 aliphatic carbocycles.